The second kappa shape index (κ2) is 4.75. The van der Waals surface area contributed by atoms with Gasteiger partial charge in [-0.1, -0.05) is 25.4 Å². The summed E-state index contributed by atoms with van der Waals surface area (Å²) >= 11 is 6.16. The van der Waals surface area contributed by atoms with Crippen molar-refractivity contribution in [2.24, 2.45) is 0 Å². The van der Waals surface area contributed by atoms with E-state index in [1.54, 1.807) is 19.1 Å². The molecule has 2 N–H and O–H groups in total. The van der Waals surface area contributed by atoms with Gasteiger partial charge in [0.2, 0.25) is 5.82 Å². The fourth-order valence-electron chi connectivity index (χ4n) is 2.57. The van der Waals surface area contributed by atoms with Crippen LogP contribution in [-0.4, -0.2) is 39.7 Å². The monoisotopic (exact) mass is 300 g/mol. The zero-order chi connectivity index (χ0) is 15.2. The minimum atomic E-state index is -1.04. The van der Waals surface area contributed by atoms with Gasteiger partial charge in [0.25, 0.3) is 5.56 Å². The number of carbonyl (C=O) groups is 1. The molecule has 0 saturated heterocycles. The number of fused-ring (bicyclic) bond motifs is 1. The van der Waals surface area contributed by atoms with Gasteiger partial charge in [-0.25, -0.2) is 14.8 Å². The molecule has 0 saturated carbocycles. The van der Waals surface area contributed by atoms with Gasteiger partial charge in [0.1, 0.15) is 6.04 Å². The smallest absolute Gasteiger partial charge is 0.326 e. The van der Waals surface area contributed by atoms with E-state index in [0.29, 0.717) is 12.1 Å². The number of aliphatic carboxylic acids is 1. The van der Waals surface area contributed by atoms with Crippen molar-refractivity contribution in [1.29, 1.82) is 0 Å². The van der Waals surface area contributed by atoms with E-state index in [9.17, 15) is 14.7 Å². The Morgan fingerprint density at radius 2 is 2.15 bits per heavy atom. The number of hydrogen-bond acceptors (Lipinski definition) is 5. The Hall–Kier alpha value is -1.60. The molecule has 1 aliphatic rings. The van der Waals surface area contributed by atoms with E-state index in [-0.39, 0.29) is 11.0 Å². The Balaban J connectivity index is 2.71. The summed E-state index contributed by atoms with van der Waals surface area (Å²) in [6.07, 6.45) is 0.310. The first kappa shape index (κ1) is 14.8. The van der Waals surface area contributed by atoms with Crippen molar-refractivity contribution in [1.82, 2.24) is 14.6 Å². The molecule has 8 heteroatoms. The zero-order valence-electron chi connectivity index (χ0n) is 11.8. The van der Waals surface area contributed by atoms with Crippen molar-refractivity contribution in [3.63, 3.8) is 0 Å². The maximum Gasteiger partial charge on any atom is 0.326 e. The third-order valence-corrected chi connectivity index (χ3v) is 3.60. The van der Waals surface area contributed by atoms with Crippen molar-refractivity contribution in [2.75, 3.05) is 19.5 Å². The van der Waals surface area contributed by atoms with Crippen LogP contribution in [0.3, 0.4) is 0 Å². The number of carboxylic acid groups (broad SMARTS) is 1. The molecule has 0 bridgehead atoms. The Morgan fingerprint density at radius 3 is 2.65 bits per heavy atom. The second-order valence-corrected chi connectivity index (χ2v) is 6.08. The van der Waals surface area contributed by atoms with Crippen molar-refractivity contribution < 1.29 is 9.90 Å². The normalized spacial score (nSPS) is 20.0. The SMILES string of the molecule is CN(C)Nc1nc(Cl)c2n(c1=O)[C@H](C(=O)O)CC2(C)C. The highest BCUT2D eigenvalue weighted by Crippen LogP contribution is 2.42. The van der Waals surface area contributed by atoms with E-state index in [1.165, 1.54) is 4.57 Å². The quantitative estimate of drug-likeness (QED) is 0.813. The Kier molecular flexibility index (Phi) is 3.51. The molecule has 110 valence electrons. The summed E-state index contributed by atoms with van der Waals surface area (Å²) in [6.45, 7) is 3.71. The number of anilines is 1. The van der Waals surface area contributed by atoms with Gasteiger partial charge in [-0.3, -0.25) is 14.8 Å². The van der Waals surface area contributed by atoms with E-state index in [2.05, 4.69) is 10.4 Å². The maximum atomic E-state index is 12.4. The van der Waals surface area contributed by atoms with E-state index >= 15 is 0 Å². The summed E-state index contributed by atoms with van der Waals surface area (Å²) in [5.41, 5.74) is 2.23. The minimum Gasteiger partial charge on any atom is -0.480 e. The third-order valence-electron chi connectivity index (χ3n) is 3.34. The second-order valence-electron chi connectivity index (χ2n) is 5.72. The summed E-state index contributed by atoms with van der Waals surface area (Å²) in [4.78, 5) is 27.9. The van der Waals surface area contributed by atoms with Crippen LogP contribution in [-0.2, 0) is 10.2 Å². The van der Waals surface area contributed by atoms with Crippen LogP contribution in [0.5, 0.6) is 0 Å². The number of carboxylic acids is 1. The van der Waals surface area contributed by atoms with Crippen LogP contribution in [0, 0.1) is 0 Å². The van der Waals surface area contributed by atoms with Crippen LogP contribution in [0.2, 0.25) is 5.15 Å². The van der Waals surface area contributed by atoms with Gasteiger partial charge in [0, 0.05) is 19.5 Å². The number of hydrogen-bond donors (Lipinski definition) is 2. The molecule has 0 unspecified atom stereocenters. The highest BCUT2D eigenvalue weighted by atomic mass is 35.5. The summed E-state index contributed by atoms with van der Waals surface area (Å²) in [7, 11) is 3.40. The summed E-state index contributed by atoms with van der Waals surface area (Å²) in [6, 6.07) is -0.921. The lowest BCUT2D eigenvalue weighted by Crippen LogP contribution is -2.34. The topological polar surface area (TPSA) is 87.5 Å². The van der Waals surface area contributed by atoms with Crippen molar-refractivity contribution in [3.8, 4) is 0 Å². The fourth-order valence-corrected chi connectivity index (χ4v) is 3.00. The lowest BCUT2D eigenvalue weighted by Gasteiger charge is -2.19. The average molecular weight is 301 g/mol. The number of aromatic nitrogens is 2. The molecule has 0 aromatic carbocycles. The van der Waals surface area contributed by atoms with Crippen LogP contribution >= 0.6 is 11.6 Å². The molecule has 1 aromatic rings. The predicted octanol–water partition coefficient (Wildman–Crippen LogP) is 1.09. The molecule has 1 atom stereocenters. The highest BCUT2D eigenvalue weighted by molar-refractivity contribution is 6.30. The van der Waals surface area contributed by atoms with Crippen molar-refractivity contribution in [2.45, 2.75) is 31.7 Å². The van der Waals surface area contributed by atoms with Crippen LogP contribution in [0.1, 0.15) is 32.0 Å². The Labute approximate surface area is 121 Å². The average Bonchev–Trinajstić information content (AvgIpc) is 2.57. The first-order chi connectivity index (χ1) is 9.15. The lowest BCUT2D eigenvalue weighted by atomic mass is 9.87. The molecule has 1 aliphatic heterocycles. The van der Waals surface area contributed by atoms with Crippen LogP contribution in [0.25, 0.3) is 0 Å². The van der Waals surface area contributed by atoms with Gasteiger partial charge < -0.3 is 5.11 Å². The van der Waals surface area contributed by atoms with Crippen LogP contribution in [0.15, 0.2) is 4.79 Å². The molecule has 0 fully saturated rings. The minimum absolute atomic E-state index is 0.0210. The van der Waals surface area contributed by atoms with Crippen molar-refractivity contribution >= 4 is 23.4 Å². The van der Waals surface area contributed by atoms with Crippen LogP contribution < -0.4 is 11.0 Å². The molecular weight excluding hydrogens is 284 g/mol. The molecule has 2 rings (SSSR count). The summed E-state index contributed by atoms with van der Waals surface area (Å²) in [5.74, 6) is -1.02. The lowest BCUT2D eigenvalue weighted by molar-refractivity contribution is -0.140. The molecule has 2 heterocycles. The van der Waals surface area contributed by atoms with Gasteiger partial charge in [0.05, 0.1) is 5.69 Å². The van der Waals surface area contributed by atoms with Gasteiger partial charge in [0.15, 0.2) is 5.15 Å². The number of nitrogens with one attached hydrogen (secondary N) is 1. The maximum absolute atomic E-state index is 12.4. The van der Waals surface area contributed by atoms with Crippen molar-refractivity contribution in [3.05, 3.63) is 21.2 Å². The molecular formula is C12H17ClN4O3. The number of rotatable bonds is 3. The molecule has 0 spiro atoms. The largest absolute Gasteiger partial charge is 0.480 e. The Bertz CT molecular complexity index is 624. The fraction of sp³-hybridized carbons (Fsp3) is 0.583. The van der Waals surface area contributed by atoms with Gasteiger partial charge >= 0.3 is 5.97 Å². The molecule has 0 aliphatic carbocycles. The number of hydrazine groups is 1. The highest BCUT2D eigenvalue weighted by Gasteiger charge is 2.44. The van der Waals surface area contributed by atoms with Gasteiger partial charge in [-0.05, 0) is 6.42 Å². The van der Waals surface area contributed by atoms with E-state index in [4.69, 9.17) is 11.6 Å². The third kappa shape index (κ3) is 2.27. The molecule has 1 aromatic heterocycles. The molecule has 7 nitrogen and oxygen atoms in total. The summed E-state index contributed by atoms with van der Waals surface area (Å²) in [5, 5.41) is 11.0. The van der Waals surface area contributed by atoms with E-state index in [0.717, 1.165) is 0 Å². The molecule has 20 heavy (non-hydrogen) atoms. The molecule has 0 amide bonds. The number of halogens is 1. The molecule has 0 radical (unpaired) electrons. The first-order valence-corrected chi connectivity index (χ1v) is 6.52. The van der Waals surface area contributed by atoms with E-state index < -0.39 is 23.0 Å². The number of nitrogens with zero attached hydrogens (tertiary/aromatic N) is 3. The standard InChI is InChI=1S/C12H17ClN4O3/c1-12(2)5-6(11(19)20)17-7(12)8(13)14-9(10(17)18)15-16(3)4/h6H,5H2,1-4H3,(H,14,15)(H,19,20)/t6-/m0/s1. The first-order valence-electron chi connectivity index (χ1n) is 6.14. The van der Waals surface area contributed by atoms with Crippen LogP contribution in [0.4, 0.5) is 5.82 Å². The summed E-state index contributed by atoms with van der Waals surface area (Å²) < 4.78 is 1.24. The predicted molar refractivity (Wildman–Crippen MR) is 75.1 cm³/mol. The van der Waals surface area contributed by atoms with Gasteiger partial charge in [-0.15, -0.1) is 0 Å². The Morgan fingerprint density at radius 1 is 1.55 bits per heavy atom. The zero-order valence-corrected chi connectivity index (χ0v) is 12.5. The van der Waals surface area contributed by atoms with E-state index in [1.807, 2.05) is 13.8 Å². The van der Waals surface area contributed by atoms with Gasteiger partial charge in [-0.2, -0.15) is 0 Å².